The van der Waals surface area contributed by atoms with Gasteiger partial charge in [-0.25, -0.2) is 9.36 Å². The highest BCUT2D eigenvalue weighted by atomic mass is 31.2. The third kappa shape index (κ3) is 7.14. The summed E-state index contributed by atoms with van der Waals surface area (Å²) in [5, 5.41) is 8.78. The standard InChI is InChI=1S/C17H29N2O9P/c1-11-9-19(16(22)18-15(11)21)14-8-12(13(27-14)10-25-17(2,3)4)28-29(23,24)26-7-5-6-20/h9,12-14,20H,5-8,10H2,1-4H3,(H,23,24)(H,18,21,22)/t12?,13-,14-/m1/s1. The number of hydrogen-bond acceptors (Lipinski definition) is 8. The van der Waals surface area contributed by atoms with Gasteiger partial charge in [-0.2, -0.15) is 0 Å². The van der Waals surface area contributed by atoms with Gasteiger partial charge in [0.25, 0.3) is 5.56 Å². The number of phosphoric ester groups is 1. The number of nitrogens with one attached hydrogen (secondary N) is 1. The molecule has 0 amide bonds. The van der Waals surface area contributed by atoms with E-state index in [1.54, 1.807) is 6.92 Å². The normalized spacial score (nSPS) is 24.6. The van der Waals surface area contributed by atoms with Crippen molar-refractivity contribution in [3.05, 3.63) is 32.6 Å². The van der Waals surface area contributed by atoms with Gasteiger partial charge in [0, 0.05) is 24.8 Å². The SMILES string of the molecule is Cc1cn([C@H]2CC(OP(=O)(O)OCCCO)[C@@H](COC(C)(C)C)O2)c(=O)[nH]c1=O. The van der Waals surface area contributed by atoms with Crippen LogP contribution in [0.25, 0.3) is 0 Å². The molecule has 0 saturated carbocycles. The summed E-state index contributed by atoms with van der Waals surface area (Å²) >= 11 is 0. The average Bonchev–Trinajstić information content (AvgIpc) is 2.97. The Balaban J connectivity index is 2.20. The van der Waals surface area contributed by atoms with Crippen LogP contribution in [0.1, 0.15) is 45.4 Å². The van der Waals surface area contributed by atoms with E-state index in [1.807, 2.05) is 20.8 Å². The van der Waals surface area contributed by atoms with Crippen molar-refractivity contribution < 1.29 is 33.1 Å². The van der Waals surface area contributed by atoms with E-state index in [0.717, 1.165) is 0 Å². The first-order chi connectivity index (χ1) is 13.4. The maximum absolute atomic E-state index is 12.2. The van der Waals surface area contributed by atoms with Gasteiger partial charge in [0.1, 0.15) is 18.4 Å². The Labute approximate surface area is 168 Å². The topological polar surface area (TPSA) is 149 Å². The monoisotopic (exact) mass is 436 g/mol. The summed E-state index contributed by atoms with van der Waals surface area (Å²) in [5.41, 5.74) is -1.33. The van der Waals surface area contributed by atoms with Crippen molar-refractivity contribution in [1.29, 1.82) is 0 Å². The summed E-state index contributed by atoms with van der Waals surface area (Å²) in [6, 6.07) is 0. The van der Waals surface area contributed by atoms with Crippen molar-refractivity contribution in [3.63, 3.8) is 0 Å². The second kappa shape index (κ2) is 9.65. The first-order valence-corrected chi connectivity index (χ1v) is 10.8. The van der Waals surface area contributed by atoms with E-state index >= 15 is 0 Å². The number of aromatic nitrogens is 2. The van der Waals surface area contributed by atoms with Crippen molar-refractivity contribution >= 4 is 7.82 Å². The molecule has 0 spiro atoms. The number of aromatic amines is 1. The Morgan fingerprint density at radius 2 is 2.07 bits per heavy atom. The minimum absolute atomic E-state index is 0.0540. The molecule has 1 aliphatic heterocycles. The molecule has 0 aliphatic carbocycles. The number of aliphatic hydroxyl groups excluding tert-OH is 1. The van der Waals surface area contributed by atoms with Crippen LogP contribution in [-0.2, 0) is 23.1 Å². The third-order valence-corrected chi connectivity index (χ3v) is 5.19. The lowest BCUT2D eigenvalue weighted by Crippen LogP contribution is -2.34. The molecule has 0 aromatic carbocycles. The molecule has 29 heavy (non-hydrogen) atoms. The molecule has 2 rings (SSSR count). The predicted molar refractivity (Wildman–Crippen MR) is 103 cm³/mol. The van der Waals surface area contributed by atoms with Crippen molar-refractivity contribution in [2.75, 3.05) is 19.8 Å². The fourth-order valence-electron chi connectivity index (χ4n) is 2.71. The van der Waals surface area contributed by atoms with Gasteiger partial charge in [0.15, 0.2) is 0 Å². The molecule has 0 radical (unpaired) electrons. The zero-order valence-electron chi connectivity index (χ0n) is 17.0. The Kier molecular flexibility index (Phi) is 7.97. The summed E-state index contributed by atoms with van der Waals surface area (Å²) < 4.78 is 35.1. The summed E-state index contributed by atoms with van der Waals surface area (Å²) in [4.78, 5) is 35.9. The van der Waals surface area contributed by atoms with Gasteiger partial charge in [-0.1, -0.05) is 0 Å². The van der Waals surface area contributed by atoms with Gasteiger partial charge >= 0.3 is 13.5 Å². The molecular weight excluding hydrogens is 407 g/mol. The van der Waals surface area contributed by atoms with Crippen LogP contribution in [0.3, 0.4) is 0 Å². The van der Waals surface area contributed by atoms with Gasteiger partial charge in [-0.15, -0.1) is 0 Å². The molecule has 166 valence electrons. The maximum atomic E-state index is 12.2. The van der Waals surface area contributed by atoms with Crippen LogP contribution in [-0.4, -0.2) is 57.2 Å². The number of rotatable bonds is 9. The second-order valence-corrected chi connectivity index (χ2v) is 9.20. The molecule has 1 aromatic heterocycles. The lowest BCUT2D eigenvalue weighted by atomic mass is 10.1. The molecule has 2 heterocycles. The van der Waals surface area contributed by atoms with E-state index in [1.165, 1.54) is 10.8 Å². The van der Waals surface area contributed by atoms with E-state index in [0.29, 0.717) is 5.56 Å². The Hall–Kier alpha value is -1.33. The van der Waals surface area contributed by atoms with Gasteiger partial charge < -0.3 is 19.5 Å². The van der Waals surface area contributed by atoms with Crippen LogP contribution in [0.15, 0.2) is 15.8 Å². The van der Waals surface area contributed by atoms with E-state index in [2.05, 4.69) is 4.98 Å². The number of hydrogen-bond donors (Lipinski definition) is 3. The first kappa shape index (κ1) is 23.9. The quantitative estimate of drug-likeness (QED) is 0.378. The van der Waals surface area contributed by atoms with Crippen LogP contribution in [0.4, 0.5) is 0 Å². The lowest BCUT2D eigenvalue weighted by Gasteiger charge is -2.25. The van der Waals surface area contributed by atoms with Crippen LogP contribution in [0, 0.1) is 6.92 Å². The number of nitrogens with zero attached hydrogens (tertiary/aromatic N) is 1. The average molecular weight is 436 g/mol. The number of phosphoric acid groups is 1. The number of ether oxygens (including phenoxy) is 2. The minimum Gasteiger partial charge on any atom is -0.396 e. The molecule has 1 fully saturated rings. The van der Waals surface area contributed by atoms with Gasteiger partial charge in [-0.05, 0) is 34.1 Å². The highest BCUT2D eigenvalue weighted by Crippen LogP contribution is 2.48. The van der Waals surface area contributed by atoms with Crippen molar-refractivity contribution in [1.82, 2.24) is 9.55 Å². The van der Waals surface area contributed by atoms with E-state index in [9.17, 15) is 19.0 Å². The van der Waals surface area contributed by atoms with E-state index in [-0.39, 0.29) is 32.7 Å². The van der Waals surface area contributed by atoms with Gasteiger partial charge in [-0.3, -0.25) is 23.4 Å². The molecule has 4 atom stereocenters. The molecule has 12 heteroatoms. The van der Waals surface area contributed by atoms with Crippen LogP contribution in [0.2, 0.25) is 0 Å². The summed E-state index contributed by atoms with van der Waals surface area (Å²) in [6.07, 6.45) is -0.856. The Bertz CT molecular complexity index is 845. The molecule has 11 nitrogen and oxygen atoms in total. The van der Waals surface area contributed by atoms with Crippen molar-refractivity contribution in [2.45, 2.75) is 64.6 Å². The lowest BCUT2D eigenvalue weighted by molar-refractivity contribution is -0.0990. The highest BCUT2D eigenvalue weighted by Gasteiger charge is 2.42. The minimum atomic E-state index is -4.41. The molecule has 2 unspecified atom stereocenters. The zero-order valence-corrected chi connectivity index (χ0v) is 17.9. The predicted octanol–water partition coefficient (Wildman–Crippen LogP) is 0.832. The smallest absolute Gasteiger partial charge is 0.396 e. The second-order valence-electron chi connectivity index (χ2n) is 7.79. The Morgan fingerprint density at radius 1 is 1.38 bits per heavy atom. The molecule has 1 aliphatic rings. The molecule has 1 aromatic rings. The summed E-state index contributed by atoms with van der Waals surface area (Å²) in [6.45, 7) is 6.81. The fraction of sp³-hybridized carbons (Fsp3) is 0.765. The van der Waals surface area contributed by atoms with Crippen molar-refractivity contribution in [2.24, 2.45) is 0 Å². The number of aliphatic hydroxyl groups is 1. The molecule has 0 bridgehead atoms. The van der Waals surface area contributed by atoms with Crippen LogP contribution in [0.5, 0.6) is 0 Å². The fourth-order valence-corrected chi connectivity index (χ4v) is 3.69. The van der Waals surface area contributed by atoms with Gasteiger partial charge in [0.05, 0.1) is 18.8 Å². The third-order valence-electron chi connectivity index (χ3n) is 4.14. The van der Waals surface area contributed by atoms with E-state index < -0.39 is 43.1 Å². The van der Waals surface area contributed by atoms with Crippen LogP contribution < -0.4 is 11.2 Å². The van der Waals surface area contributed by atoms with Gasteiger partial charge in [0.2, 0.25) is 0 Å². The summed E-state index contributed by atoms with van der Waals surface area (Å²) in [7, 11) is -4.41. The summed E-state index contributed by atoms with van der Waals surface area (Å²) in [5.74, 6) is 0. The maximum Gasteiger partial charge on any atom is 0.472 e. The van der Waals surface area contributed by atoms with E-state index in [4.69, 9.17) is 23.6 Å². The Morgan fingerprint density at radius 3 is 2.69 bits per heavy atom. The zero-order chi connectivity index (χ0) is 21.8. The highest BCUT2D eigenvalue weighted by molar-refractivity contribution is 7.47. The van der Waals surface area contributed by atoms with Crippen LogP contribution >= 0.6 is 7.82 Å². The largest absolute Gasteiger partial charge is 0.472 e. The van der Waals surface area contributed by atoms with Crippen molar-refractivity contribution in [3.8, 4) is 0 Å². The molecule has 3 N–H and O–H groups in total. The number of H-pyrrole nitrogens is 1. The molecule has 1 saturated heterocycles. The first-order valence-electron chi connectivity index (χ1n) is 9.30. The molecular formula is C17H29N2O9P. The number of aryl methyl sites for hydroxylation is 1.